The first kappa shape index (κ1) is 32.5. The lowest BCUT2D eigenvalue weighted by molar-refractivity contribution is -0.276. The number of hydrogen-bond donors (Lipinski definition) is 0. The molecule has 3 unspecified atom stereocenters. The number of allylic oxidation sites excluding steroid dienone is 5. The third-order valence-corrected chi connectivity index (χ3v) is 11.6. The van der Waals surface area contributed by atoms with Gasteiger partial charge in [0.1, 0.15) is 0 Å². The van der Waals surface area contributed by atoms with Gasteiger partial charge in [0, 0.05) is 23.1 Å². The van der Waals surface area contributed by atoms with Crippen LogP contribution in [0.5, 0.6) is 0 Å². The summed E-state index contributed by atoms with van der Waals surface area (Å²) in [6, 6.07) is 14.3. The predicted molar refractivity (Wildman–Crippen MR) is 197 cm³/mol. The molecule has 0 N–H and O–H groups in total. The van der Waals surface area contributed by atoms with Crippen molar-refractivity contribution in [3.63, 3.8) is 0 Å². The number of hydrogen-bond acceptors (Lipinski definition) is 3. The van der Waals surface area contributed by atoms with Crippen LogP contribution in [0.4, 0.5) is 5.69 Å². The van der Waals surface area contributed by atoms with Gasteiger partial charge in [-0.2, -0.15) is 0 Å². The van der Waals surface area contributed by atoms with Gasteiger partial charge in [-0.05, 0) is 108 Å². The van der Waals surface area contributed by atoms with Crippen LogP contribution in [0.3, 0.4) is 0 Å². The molecule has 1 spiro atoms. The van der Waals surface area contributed by atoms with Gasteiger partial charge in [-0.3, -0.25) is 0 Å². The molecule has 2 aromatic carbocycles. The Balaban J connectivity index is 1.45. The molecule has 5 atom stereocenters. The molecule has 0 saturated carbocycles. The monoisotopic (exact) mass is 631 g/mol. The first-order chi connectivity index (χ1) is 22.2. The Hall–Kier alpha value is -3.04. The van der Waals surface area contributed by atoms with E-state index in [1.54, 1.807) is 0 Å². The molecule has 2 aromatic rings. The zero-order valence-electron chi connectivity index (χ0n) is 30.8. The average molecular weight is 632 g/mol. The Morgan fingerprint density at radius 2 is 1.55 bits per heavy atom. The van der Waals surface area contributed by atoms with E-state index in [0.29, 0.717) is 30.2 Å². The normalized spacial score (nSPS) is 28.8. The van der Waals surface area contributed by atoms with Crippen molar-refractivity contribution in [2.24, 2.45) is 29.6 Å². The van der Waals surface area contributed by atoms with Gasteiger partial charge in [0.2, 0.25) is 5.79 Å². The maximum atomic E-state index is 7.38. The van der Waals surface area contributed by atoms with Crippen LogP contribution in [-0.4, -0.2) is 24.5 Å². The Labute approximate surface area is 284 Å². The molecule has 0 aromatic heterocycles. The van der Waals surface area contributed by atoms with Gasteiger partial charge >= 0.3 is 0 Å². The topological polar surface area (TPSA) is 21.7 Å². The summed E-state index contributed by atoms with van der Waals surface area (Å²) in [6.45, 7) is 26.5. The van der Waals surface area contributed by atoms with Crippen LogP contribution in [0.1, 0.15) is 112 Å². The first-order valence-electron chi connectivity index (χ1n) is 18.4. The molecule has 0 amide bonds. The number of rotatable bonds is 6. The van der Waals surface area contributed by atoms with E-state index < -0.39 is 5.79 Å². The van der Waals surface area contributed by atoms with Crippen LogP contribution in [0.15, 0.2) is 77.1 Å². The van der Waals surface area contributed by atoms with E-state index in [9.17, 15) is 0 Å². The van der Waals surface area contributed by atoms with Crippen molar-refractivity contribution in [2.45, 2.75) is 119 Å². The molecule has 0 bridgehead atoms. The van der Waals surface area contributed by atoms with E-state index in [-0.39, 0.29) is 23.5 Å². The van der Waals surface area contributed by atoms with Crippen molar-refractivity contribution in [2.75, 3.05) is 11.4 Å². The lowest BCUT2D eigenvalue weighted by atomic mass is 9.66. The molecule has 3 aliphatic heterocycles. The lowest BCUT2D eigenvalue weighted by Crippen LogP contribution is -2.65. The van der Waals surface area contributed by atoms with Crippen LogP contribution in [0.25, 0.3) is 16.7 Å². The Morgan fingerprint density at radius 3 is 2.26 bits per heavy atom. The summed E-state index contributed by atoms with van der Waals surface area (Å²) in [7, 11) is 0. The van der Waals surface area contributed by atoms with Crippen LogP contribution >= 0.6 is 0 Å². The van der Waals surface area contributed by atoms with E-state index in [1.807, 2.05) is 0 Å². The number of anilines is 1. The fraction of sp³-hybridized carbons (Fsp3) is 0.545. The van der Waals surface area contributed by atoms with Crippen molar-refractivity contribution < 1.29 is 9.47 Å². The number of benzene rings is 2. The maximum absolute atomic E-state index is 7.38. The second-order valence-electron chi connectivity index (χ2n) is 17.1. The molecular weight excluding hydrogens is 574 g/mol. The highest BCUT2D eigenvalue weighted by Gasteiger charge is 2.58. The third kappa shape index (κ3) is 5.27. The summed E-state index contributed by atoms with van der Waals surface area (Å²) in [5, 5.41) is 0. The van der Waals surface area contributed by atoms with Crippen molar-refractivity contribution >= 4 is 11.3 Å². The Kier molecular flexibility index (Phi) is 7.98. The van der Waals surface area contributed by atoms with Crippen molar-refractivity contribution in [1.82, 2.24) is 0 Å². The number of ether oxygens (including phenoxy) is 2. The van der Waals surface area contributed by atoms with Crippen LogP contribution in [-0.2, 0) is 14.9 Å². The molecule has 1 fully saturated rings. The standard InChI is InChI=1S/C44H57NO2/c1-25(2)16-31-20-40-41-30(9)28(7)19-29(8)42(41)44(46-32(17-26(3)4)21-33(47-44)18-27(5)6)24-45(40)39-23-38-36(22-35(31)39)34-14-12-13-15-37(34)43(38,10)11/h12-15,19-23,25-27,29,32,40,42H,16-18,24H2,1-11H3/t29?,32?,40?,42-,44-/m1/s1. The Bertz CT molecular complexity index is 1710. The zero-order valence-corrected chi connectivity index (χ0v) is 30.8. The second-order valence-corrected chi connectivity index (χ2v) is 17.1. The second kappa shape index (κ2) is 11.5. The minimum absolute atomic E-state index is 0.0413. The first-order valence-corrected chi connectivity index (χ1v) is 18.4. The van der Waals surface area contributed by atoms with Crippen LogP contribution in [0, 0.1) is 29.6 Å². The van der Waals surface area contributed by atoms with Crippen molar-refractivity contribution in [3.05, 3.63) is 93.8 Å². The zero-order chi connectivity index (χ0) is 33.6. The summed E-state index contributed by atoms with van der Waals surface area (Å²) < 4.78 is 14.7. The molecule has 1 saturated heterocycles. The van der Waals surface area contributed by atoms with E-state index in [4.69, 9.17) is 9.47 Å². The fourth-order valence-electron chi connectivity index (χ4n) is 9.63. The van der Waals surface area contributed by atoms with Crippen molar-refractivity contribution in [3.8, 4) is 11.1 Å². The molecular formula is C44H57NO2. The van der Waals surface area contributed by atoms with E-state index in [2.05, 4.69) is 136 Å². The largest absolute Gasteiger partial charge is 0.464 e. The lowest BCUT2D eigenvalue weighted by Gasteiger charge is -2.58. The SMILES string of the molecule is CC1=CC(C)[C@@H]2C(=C1C)C1C=C(CC(C)C)c3cc4c(cc3N1C[C@@]21OC(CC(C)C)=CC(CC(C)C)O1)C(C)(C)c1ccccc1-4. The van der Waals surface area contributed by atoms with Gasteiger partial charge < -0.3 is 14.4 Å². The Morgan fingerprint density at radius 1 is 0.830 bits per heavy atom. The molecule has 7 rings (SSSR count). The highest BCUT2D eigenvalue weighted by molar-refractivity contribution is 5.91. The summed E-state index contributed by atoms with van der Waals surface area (Å²) in [4.78, 5) is 2.68. The molecule has 3 nitrogen and oxygen atoms in total. The summed E-state index contributed by atoms with van der Waals surface area (Å²) in [6.07, 6.45) is 10.5. The quantitative estimate of drug-likeness (QED) is 0.317. The van der Waals surface area contributed by atoms with E-state index in [1.165, 1.54) is 55.8 Å². The number of nitrogens with zero attached hydrogens (tertiary/aromatic N) is 1. The highest BCUT2D eigenvalue weighted by atomic mass is 16.7. The van der Waals surface area contributed by atoms with Crippen LogP contribution < -0.4 is 4.90 Å². The number of piperidine rings is 1. The summed E-state index contributed by atoms with van der Waals surface area (Å²) >= 11 is 0. The predicted octanol–water partition coefficient (Wildman–Crippen LogP) is 11.2. The maximum Gasteiger partial charge on any atom is 0.235 e. The van der Waals surface area contributed by atoms with Crippen molar-refractivity contribution in [1.29, 1.82) is 0 Å². The smallest absolute Gasteiger partial charge is 0.235 e. The number of fused-ring (bicyclic) bond motifs is 9. The molecule has 5 aliphatic rings. The molecule has 3 heteroatoms. The van der Waals surface area contributed by atoms with Gasteiger partial charge in [0.25, 0.3) is 0 Å². The van der Waals surface area contributed by atoms with Gasteiger partial charge in [0.05, 0.1) is 30.4 Å². The van der Waals surface area contributed by atoms with E-state index >= 15 is 0 Å². The van der Waals surface area contributed by atoms with E-state index in [0.717, 1.165) is 25.0 Å². The third-order valence-electron chi connectivity index (χ3n) is 11.6. The highest BCUT2D eigenvalue weighted by Crippen LogP contribution is 2.57. The molecule has 0 radical (unpaired) electrons. The van der Waals surface area contributed by atoms with Gasteiger partial charge in [0.15, 0.2) is 0 Å². The van der Waals surface area contributed by atoms with Gasteiger partial charge in [-0.15, -0.1) is 0 Å². The molecule has 2 aliphatic carbocycles. The summed E-state index contributed by atoms with van der Waals surface area (Å²) in [5.74, 6) is 2.42. The minimum Gasteiger partial charge on any atom is -0.464 e. The molecule has 47 heavy (non-hydrogen) atoms. The summed E-state index contributed by atoms with van der Waals surface area (Å²) in [5.41, 5.74) is 14.1. The fourth-order valence-corrected chi connectivity index (χ4v) is 9.63. The van der Waals surface area contributed by atoms with Crippen LogP contribution in [0.2, 0.25) is 0 Å². The minimum atomic E-state index is -0.763. The molecule has 250 valence electrons. The average Bonchev–Trinajstić information content (AvgIpc) is 3.20. The van der Waals surface area contributed by atoms with Gasteiger partial charge in [-0.25, -0.2) is 0 Å². The van der Waals surface area contributed by atoms with Gasteiger partial charge in [-0.1, -0.05) is 104 Å². The molecule has 3 heterocycles.